The molecule has 1 aliphatic heterocycles. The Labute approximate surface area is 156 Å². The monoisotopic (exact) mass is 358 g/mol. The van der Waals surface area contributed by atoms with Crippen LogP contribution in [0, 0.1) is 13.8 Å². The van der Waals surface area contributed by atoms with Gasteiger partial charge in [0.05, 0.1) is 0 Å². The minimum atomic E-state index is 1.07. The molecule has 122 valence electrons. The van der Waals surface area contributed by atoms with Gasteiger partial charge in [-0.05, 0) is 47.0 Å². The van der Waals surface area contributed by atoms with Crippen molar-refractivity contribution in [1.82, 2.24) is 0 Å². The van der Waals surface area contributed by atoms with Crippen molar-refractivity contribution in [1.29, 1.82) is 0 Å². The second-order valence-electron chi connectivity index (χ2n) is 6.69. The van der Waals surface area contributed by atoms with E-state index in [9.17, 15) is 0 Å². The average molecular weight is 359 g/mol. The molecule has 25 heavy (non-hydrogen) atoms. The van der Waals surface area contributed by atoms with E-state index in [1.54, 1.807) is 0 Å². The maximum absolute atomic E-state index is 2.36. The van der Waals surface area contributed by atoms with Crippen LogP contribution in [-0.2, 0) is 0 Å². The standard InChI is InChI=1S/C23H18S2/c1-14-7-8-17-12-15(2)23-22(19(17)11-14)21-18-6-4-3-5-16(18)9-10-20(21)24-13-25-23/h3-12H,13H2,1-2H3. The summed E-state index contributed by atoms with van der Waals surface area (Å²) in [5, 5.41) is 6.48. The summed E-state index contributed by atoms with van der Waals surface area (Å²) in [6.07, 6.45) is 0. The van der Waals surface area contributed by atoms with Gasteiger partial charge in [0.2, 0.25) is 0 Å². The fourth-order valence-corrected chi connectivity index (χ4v) is 6.23. The zero-order valence-corrected chi connectivity index (χ0v) is 15.9. The molecule has 4 aromatic rings. The first-order valence-corrected chi connectivity index (χ1v) is 10.5. The molecule has 0 saturated carbocycles. The Balaban J connectivity index is 2.03. The maximum Gasteiger partial charge on any atom is 0.0487 e. The zero-order chi connectivity index (χ0) is 17.0. The van der Waals surface area contributed by atoms with Crippen LogP contribution >= 0.6 is 23.5 Å². The summed E-state index contributed by atoms with van der Waals surface area (Å²) in [5.74, 6) is 0. The molecule has 0 bridgehead atoms. The molecular weight excluding hydrogens is 340 g/mol. The Morgan fingerprint density at radius 1 is 0.720 bits per heavy atom. The van der Waals surface area contributed by atoms with Crippen LogP contribution in [0.5, 0.6) is 0 Å². The SMILES string of the molecule is Cc1ccc2cc(C)c3c(c2c1)-c1c(ccc2ccccc12)SCS3. The maximum atomic E-state index is 2.36. The molecular formula is C23H18S2. The van der Waals surface area contributed by atoms with E-state index in [2.05, 4.69) is 74.5 Å². The van der Waals surface area contributed by atoms with E-state index in [1.165, 1.54) is 53.6 Å². The van der Waals surface area contributed by atoms with Crippen molar-refractivity contribution in [2.24, 2.45) is 0 Å². The molecule has 0 spiro atoms. The van der Waals surface area contributed by atoms with Crippen LogP contribution in [0.25, 0.3) is 32.7 Å². The highest BCUT2D eigenvalue weighted by atomic mass is 32.2. The van der Waals surface area contributed by atoms with Crippen LogP contribution in [0.15, 0.2) is 70.5 Å². The number of hydrogen-bond donors (Lipinski definition) is 0. The van der Waals surface area contributed by atoms with Gasteiger partial charge in [0.25, 0.3) is 0 Å². The highest BCUT2D eigenvalue weighted by Gasteiger charge is 2.22. The molecule has 0 fully saturated rings. The molecule has 2 heteroatoms. The highest BCUT2D eigenvalue weighted by molar-refractivity contribution is 8.16. The normalized spacial score (nSPS) is 13.5. The van der Waals surface area contributed by atoms with E-state index >= 15 is 0 Å². The third-order valence-electron chi connectivity index (χ3n) is 4.99. The predicted molar refractivity (Wildman–Crippen MR) is 113 cm³/mol. The van der Waals surface area contributed by atoms with Gasteiger partial charge in [0.1, 0.15) is 0 Å². The topological polar surface area (TPSA) is 0 Å². The van der Waals surface area contributed by atoms with Gasteiger partial charge in [-0.1, -0.05) is 60.2 Å². The molecule has 1 heterocycles. The van der Waals surface area contributed by atoms with E-state index < -0.39 is 0 Å². The summed E-state index contributed by atoms with van der Waals surface area (Å²) in [5.41, 5.74) is 5.56. The molecule has 0 atom stereocenters. The van der Waals surface area contributed by atoms with Crippen molar-refractivity contribution < 1.29 is 0 Å². The Hall–Kier alpha value is -1.90. The van der Waals surface area contributed by atoms with Gasteiger partial charge in [-0.15, -0.1) is 23.5 Å². The van der Waals surface area contributed by atoms with Crippen LogP contribution in [-0.4, -0.2) is 5.08 Å². The Bertz CT molecular complexity index is 1140. The molecule has 4 aromatic carbocycles. The van der Waals surface area contributed by atoms with Crippen molar-refractivity contribution in [3.05, 3.63) is 71.8 Å². The second kappa shape index (κ2) is 5.82. The van der Waals surface area contributed by atoms with E-state index in [0.717, 1.165) is 5.08 Å². The van der Waals surface area contributed by atoms with E-state index in [1.807, 2.05) is 23.5 Å². The largest absolute Gasteiger partial charge is 0.114 e. The summed E-state index contributed by atoms with van der Waals surface area (Å²) >= 11 is 3.95. The number of rotatable bonds is 0. The summed E-state index contributed by atoms with van der Waals surface area (Å²) in [7, 11) is 0. The first-order valence-electron chi connectivity index (χ1n) is 8.54. The minimum Gasteiger partial charge on any atom is -0.114 e. The molecule has 0 nitrogen and oxygen atoms in total. The van der Waals surface area contributed by atoms with Crippen LogP contribution in [0.1, 0.15) is 11.1 Å². The number of thioether (sulfide) groups is 2. The molecule has 0 radical (unpaired) electrons. The number of benzene rings is 4. The molecule has 0 saturated heterocycles. The van der Waals surface area contributed by atoms with Crippen LogP contribution in [0.4, 0.5) is 0 Å². The summed E-state index contributed by atoms with van der Waals surface area (Å²) in [4.78, 5) is 2.85. The van der Waals surface area contributed by atoms with Crippen molar-refractivity contribution in [2.75, 3.05) is 5.08 Å². The first-order chi connectivity index (χ1) is 12.2. The third-order valence-corrected chi connectivity index (χ3v) is 7.40. The lowest BCUT2D eigenvalue weighted by Crippen LogP contribution is -1.92. The fraction of sp³-hybridized carbons (Fsp3) is 0.130. The Morgan fingerprint density at radius 2 is 1.56 bits per heavy atom. The van der Waals surface area contributed by atoms with Crippen molar-refractivity contribution in [3.63, 3.8) is 0 Å². The fourth-order valence-electron chi connectivity index (χ4n) is 3.85. The lowest BCUT2D eigenvalue weighted by Gasteiger charge is -2.17. The Kier molecular flexibility index (Phi) is 3.58. The minimum absolute atomic E-state index is 1.07. The summed E-state index contributed by atoms with van der Waals surface area (Å²) in [6.45, 7) is 4.44. The number of aryl methyl sites for hydroxylation is 2. The van der Waals surface area contributed by atoms with Crippen molar-refractivity contribution in [3.8, 4) is 11.1 Å². The molecule has 0 aliphatic carbocycles. The number of fused-ring (bicyclic) bond motifs is 7. The number of hydrogen-bond acceptors (Lipinski definition) is 2. The third kappa shape index (κ3) is 2.39. The molecule has 0 aromatic heterocycles. The highest BCUT2D eigenvalue weighted by Crippen LogP contribution is 2.50. The van der Waals surface area contributed by atoms with E-state index in [-0.39, 0.29) is 0 Å². The quantitative estimate of drug-likeness (QED) is 0.320. The van der Waals surface area contributed by atoms with Crippen molar-refractivity contribution >= 4 is 45.1 Å². The van der Waals surface area contributed by atoms with Gasteiger partial charge in [-0.25, -0.2) is 0 Å². The van der Waals surface area contributed by atoms with Gasteiger partial charge in [0, 0.05) is 26.0 Å². The Morgan fingerprint density at radius 3 is 2.48 bits per heavy atom. The van der Waals surface area contributed by atoms with Crippen molar-refractivity contribution in [2.45, 2.75) is 23.6 Å². The zero-order valence-electron chi connectivity index (χ0n) is 14.3. The predicted octanol–water partition coefficient (Wildman–Crippen LogP) is 7.43. The van der Waals surface area contributed by atoms with Crippen LogP contribution in [0.3, 0.4) is 0 Å². The van der Waals surface area contributed by atoms with Gasteiger partial charge in [-0.2, -0.15) is 0 Å². The molecule has 1 aliphatic rings. The van der Waals surface area contributed by atoms with E-state index in [4.69, 9.17) is 0 Å². The smallest absolute Gasteiger partial charge is 0.0487 e. The molecule has 0 N–H and O–H groups in total. The van der Waals surface area contributed by atoms with Gasteiger partial charge in [0.15, 0.2) is 0 Å². The molecule has 0 amide bonds. The average Bonchev–Trinajstić information content (AvgIpc) is 2.83. The lowest BCUT2D eigenvalue weighted by molar-refractivity contribution is 1.32. The second-order valence-corrected chi connectivity index (χ2v) is 9.06. The lowest BCUT2D eigenvalue weighted by atomic mass is 9.91. The summed E-state index contributed by atoms with van der Waals surface area (Å²) < 4.78 is 0. The first kappa shape index (κ1) is 15.4. The molecule has 0 unspecified atom stereocenters. The molecule has 5 rings (SSSR count). The van der Waals surface area contributed by atoms with Gasteiger partial charge < -0.3 is 0 Å². The summed E-state index contributed by atoms with van der Waals surface area (Å²) in [6, 6.07) is 22.6. The van der Waals surface area contributed by atoms with Gasteiger partial charge >= 0.3 is 0 Å². The van der Waals surface area contributed by atoms with Crippen LogP contribution < -0.4 is 0 Å². The van der Waals surface area contributed by atoms with Crippen LogP contribution in [0.2, 0.25) is 0 Å². The van der Waals surface area contributed by atoms with E-state index in [0.29, 0.717) is 0 Å². The van der Waals surface area contributed by atoms with Gasteiger partial charge in [-0.3, -0.25) is 0 Å².